The summed E-state index contributed by atoms with van der Waals surface area (Å²) < 4.78 is 5.23. The second kappa shape index (κ2) is 7.02. The summed E-state index contributed by atoms with van der Waals surface area (Å²) in [6.45, 7) is 6.65. The molecule has 1 atom stereocenters. The van der Waals surface area contributed by atoms with Crippen molar-refractivity contribution in [1.29, 1.82) is 0 Å². The second-order valence-electron chi connectivity index (χ2n) is 5.04. The zero-order valence-corrected chi connectivity index (χ0v) is 13.0. The molecule has 2 heterocycles. The summed E-state index contributed by atoms with van der Waals surface area (Å²) in [4.78, 5) is 26.3. The Labute approximate surface area is 127 Å². The minimum absolute atomic E-state index is 0.0599. The molecular weight excluding hydrogens is 292 g/mol. The van der Waals surface area contributed by atoms with Gasteiger partial charge in [-0.05, 0) is 25.5 Å². The number of nitrogens with zero attached hydrogens (tertiary/aromatic N) is 1. The normalized spacial score (nSPS) is 16.8. The molecule has 1 unspecified atom stereocenters. The number of amides is 1. The molecule has 1 fully saturated rings. The first-order chi connectivity index (χ1) is 9.99. The molecular formula is C14H20N2O4S. The third-order valence-electron chi connectivity index (χ3n) is 3.52. The first kappa shape index (κ1) is 15.9. The van der Waals surface area contributed by atoms with Crippen LogP contribution < -0.4 is 5.32 Å². The molecule has 1 aliphatic heterocycles. The van der Waals surface area contributed by atoms with Crippen LogP contribution in [-0.2, 0) is 16.1 Å². The molecule has 7 heteroatoms. The van der Waals surface area contributed by atoms with Crippen LogP contribution in [0.5, 0.6) is 0 Å². The maximum absolute atomic E-state index is 12.2. The van der Waals surface area contributed by atoms with Crippen LogP contribution in [0, 0.1) is 6.92 Å². The van der Waals surface area contributed by atoms with E-state index in [4.69, 9.17) is 9.84 Å². The number of carbonyl (C=O) groups is 2. The molecule has 0 spiro atoms. The Morgan fingerprint density at radius 3 is 2.71 bits per heavy atom. The Bertz CT molecular complexity index is 523. The Kier molecular flexibility index (Phi) is 5.33. The zero-order valence-electron chi connectivity index (χ0n) is 12.2. The van der Waals surface area contributed by atoms with Crippen LogP contribution in [0.1, 0.15) is 27.0 Å². The summed E-state index contributed by atoms with van der Waals surface area (Å²) in [5.41, 5.74) is 0.930. The van der Waals surface area contributed by atoms with Gasteiger partial charge in [0.05, 0.1) is 19.3 Å². The van der Waals surface area contributed by atoms with Gasteiger partial charge in [0.25, 0.3) is 0 Å². The number of aryl methyl sites for hydroxylation is 1. The SMILES string of the molecule is Cc1sc(C(=O)O)cc1CNC(C)C(=O)N1CCOCC1. The predicted octanol–water partition coefficient (Wildman–Crippen LogP) is 1.09. The highest BCUT2D eigenvalue weighted by molar-refractivity contribution is 7.14. The van der Waals surface area contributed by atoms with Crippen LogP contribution in [0.25, 0.3) is 0 Å². The molecule has 21 heavy (non-hydrogen) atoms. The molecule has 1 saturated heterocycles. The smallest absolute Gasteiger partial charge is 0.345 e. The van der Waals surface area contributed by atoms with E-state index < -0.39 is 5.97 Å². The van der Waals surface area contributed by atoms with Crippen molar-refractivity contribution < 1.29 is 19.4 Å². The van der Waals surface area contributed by atoms with Gasteiger partial charge in [0.2, 0.25) is 5.91 Å². The zero-order chi connectivity index (χ0) is 15.4. The summed E-state index contributed by atoms with van der Waals surface area (Å²) in [7, 11) is 0. The van der Waals surface area contributed by atoms with Crippen molar-refractivity contribution in [2.24, 2.45) is 0 Å². The van der Waals surface area contributed by atoms with Crippen molar-refractivity contribution in [3.05, 3.63) is 21.4 Å². The maximum atomic E-state index is 12.2. The minimum atomic E-state index is -0.910. The maximum Gasteiger partial charge on any atom is 0.345 e. The Balaban J connectivity index is 1.89. The third kappa shape index (κ3) is 4.03. The van der Waals surface area contributed by atoms with Gasteiger partial charge >= 0.3 is 5.97 Å². The lowest BCUT2D eigenvalue weighted by molar-refractivity contribution is -0.137. The monoisotopic (exact) mass is 312 g/mol. The van der Waals surface area contributed by atoms with E-state index in [1.165, 1.54) is 11.3 Å². The van der Waals surface area contributed by atoms with Crippen LogP contribution in [0.3, 0.4) is 0 Å². The lowest BCUT2D eigenvalue weighted by Crippen LogP contribution is -2.49. The van der Waals surface area contributed by atoms with E-state index in [2.05, 4.69) is 5.32 Å². The number of hydrogen-bond donors (Lipinski definition) is 2. The Hall–Kier alpha value is -1.44. The number of thiophene rings is 1. The minimum Gasteiger partial charge on any atom is -0.477 e. The van der Waals surface area contributed by atoms with Gasteiger partial charge in [-0.2, -0.15) is 0 Å². The number of nitrogens with one attached hydrogen (secondary N) is 1. The predicted molar refractivity (Wildman–Crippen MR) is 79.7 cm³/mol. The lowest BCUT2D eigenvalue weighted by Gasteiger charge is -2.29. The van der Waals surface area contributed by atoms with Gasteiger partial charge in [0.15, 0.2) is 0 Å². The first-order valence-electron chi connectivity index (χ1n) is 6.91. The topological polar surface area (TPSA) is 78.9 Å². The number of rotatable bonds is 5. The summed E-state index contributed by atoms with van der Waals surface area (Å²) in [5.74, 6) is -0.851. The first-order valence-corrected chi connectivity index (χ1v) is 7.73. The molecule has 0 aromatic carbocycles. The third-order valence-corrected chi connectivity index (χ3v) is 4.60. The van der Waals surface area contributed by atoms with E-state index in [-0.39, 0.29) is 11.9 Å². The fourth-order valence-corrected chi connectivity index (χ4v) is 3.09. The van der Waals surface area contributed by atoms with Gasteiger partial charge in [0, 0.05) is 24.5 Å². The van der Waals surface area contributed by atoms with Crippen LogP contribution >= 0.6 is 11.3 Å². The average Bonchev–Trinajstić information content (AvgIpc) is 2.86. The van der Waals surface area contributed by atoms with Gasteiger partial charge in [-0.25, -0.2) is 4.79 Å². The van der Waals surface area contributed by atoms with Gasteiger partial charge in [-0.3, -0.25) is 4.79 Å². The van der Waals surface area contributed by atoms with Gasteiger partial charge in [-0.15, -0.1) is 11.3 Å². The molecule has 0 saturated carbocycles. The fraction of sp³-hybridized carbons (Fsp3) is 0.571. The number of carbonyl (C=O) groups excluding carboxylic acids is 1. The largest absolute Gasteiger partial charge is 0.477 e. The summed E-state index contributed by atoms with van der Waals surface area (Å²) in [6, 6.07) is 1.37. The second-order valence-corrected chi connectivity index (χ2v) is 6.29. The number of ether oxygens (including phenoxy) is 1. The van der Waals surface area contributed by atoms with Crippen LogP contribution in [0.2, 0.25) is 0 Å². The molecule has 1 aliphatic rings. The van der Waals surface area contributed by atoms with Crippen molar-refractivity contribution in [1.82, 2.24) is 10.2 Å². The summed E-state index contributed by atoms with van der Waals surface area (Å²) >= 11 is 1.26. The van der Waals surface area contributed by atoms with Crippen molar-refractivity contribution in [2.75, 3.05) is 26.3 Å². The molecule has 0 bridgehead atoms. The summed E-state index contributed by atoms with van der Waals surface area (Å²) in [5, 5.41) is 12.1. The van der Waals surface area contributed by atoms with Crippen LogP contribution in [0.4, 0.5) is 0 Å². The van der Waals surface area contributed by atoms with Gasteiger partial charge < -0.3 is 20.1 Å². The number of morpholine rings is 1. The van der Waals surface area contributed by atoms with E-state index in [1.54, 1.807) is 11.0 Å². The molecule has 1 aromatic rings. The molecule has 1 aromatic heterocycles. The van der Waals surface area contributed by atoms with Crippen molar-refractivity contribution in [2.45, 2.75) is 26.4 Å². The van der Waals surface area contributed by atoms with Gasteiger partial charge in [-0.1, -0.05) is 0 Å². The quantitative estimate of drug-likeness (QED) is 0.851. The highest BCUT2D eigenvalue weighted by atomic mass is 32.1. The molecule has 6 nitrogen and oxygen atoms in total. The fourth-order valence-electron chi connectivity index (χ4n) is 2.21. The van der Waals surface area contributed by atoms with E-state index in [0.29, 0.717) is 37.7 Å². The van der Waals surface area contributed by atoms with Gasteiger partial charge in [0.1, 0.15) is 4.88 Å². The highest BCUT2D eigenvalue weighted by Crippen LogP contribution is 2.21. The number of carboxylic acid groups (broad SMARTS) is 1. The lowest BCUT2D eigenvalue weighted by atomic mass is 10.2. The van der Waals surface area contributed by atoms with E-state index in [1.807, 2.05) is 13.8 Å². The standard InChI is InChI=1S/C14H20N2O4S/c1-9(13(17)16-3-5-20-6-4-16)15-8-11-7-12(14(18)19)21-10(11)2/h7,9,15H,3-6,8H2,1-2H3,(H,18,19). The number of hydrogen-bond acceptors (Lipinski definition) is 5. The van der Waals surface area contributed by atoms with Crippen molar-refractivity contribution >= 4 is 23.2 Å². The van der Waals surface area contributed by atoms with E-state index >= 15 is 0 Å². The summed E-state index contributed by atoms with van der Waals surface area (Å²) in [6.07, 6.45) is 0. The molecule has 0 aliphatic carbocycles. The Morgan fingerprint density at radius 2 is 2.14 bits per heavy atom. The molecule has 116 valence electrons. The Morgan fingerprint density at radius 1 is 1.48 bits per heavy atom. The van der Waals surface area contributed by atoms with E-state index in [9.17, 15) is 9.59 Å². The van der Waals surface area contributed by atoms with E-state index in [0.717, 1.165) is 10.4 Å². The molecule has 2 rings (SSSR count). The highest BCUT2D eigenvalue weighted by Gasteiger charge is 2.22. The molecule has 1 amide bonds. The molecule has 0 radical (unpaired) electrons. The van der Waals surface area contributed by atoms with Crippen molar-refractivity contribution in [3.8, 4) is 0 Å². The van der Waals surface area contributed by atoms with Crippen LogP contribution in [0.15, 0.2) is 6.07 Å². The van der Waals surface area contributed by atoms with Crippen molar-refractivity contribution in [3.63, 3.8) is 0 Å². The average molecular weight is 312 g/mol. The molecule has 2 N–H and O–H groups in total. The number of carboxylic acids is 1. The number of aromatic carboxylic acids is 1. The van der Waals surface area contributed by atoms with Crippen LogP contribution in [-0.4, -0.2) is 54.2 Å².